The summed E-state index contributed by atoms with van der Waals surface area (Å²) in [4.78, 5) is 19.7. The zero-order valence-corrected chi connectivity index (χ0v) is 27.5. The molecule has 0 radical (unpaired) electrons. The van der Waals surface area contributed by atoms with Crippen molar-refractivity contribution >= 4 is 11.8 Å². The number of hydrazine groups is 1. The van der Waals surface area contributed by atoms with Crippen molar-refractivity contribution in [2.24, 2.45) is 4.99 Å². The number of rotatable bonds is 15. The number of carbonyl (C=O) groups is 1. The Hall–Kier alpha value is -5.44. The largest absolute Gasteiger partial charge is 0.497 e. The van der Waals surface area contributed by atoms with Crippen molar-refractivity contribution in [2.45, 2.75) is 30.9 Å². The van der Waals surface area contributed by atoms with E-state index < -0.39 is 11.6 Å². The van der Waals surface area contributed by atoms with Crippen LogP contribution in [0, 0.1) is 0 Å². The number of hydrogen-bond acceptors (Lipinski definition) is 7. The van der Waals surface area contributed by atoms with Gasteiger partial charge in [-0.15, -0.1) is 0 Å². The summed E-state index contributed by atoms with van der Waals surface area (Å²) in [5, 5.41) is 9.11. The van der Waals surface area contributed by atoms with Crippen molar-refractivity contribution in [1.82, 2.24) is 10.9 Å². The highest BCUT2D eigenvalue weighted by molar-refractivity contribution is 6.01. The molecule has 5 aromatic carbocycles. The molecule has 8 heteroatoms. The third-order valence-electron chi connectivity index (χ3n) is 8.54. The number of benzene rings is 5. The van der Waals surface area contributed by atoms with Gasteiger partial charge in [-0.25, -0.2) is 10.4 Å². The molecule has 1 heterocycles. The van der Waals surface area contributed by atoms with Crippen molar-refractivity contribution in [3.05, 3.63) is 156 Å². The average molecular weight is 656 g/mol. The molecule has 3 N–H and O–H groups in total. The Kier molecular flexibility index (Phi) is 11.0. The molecule has 250 valence electrons. The second-order valence-corrected chi connectivity index (χ2v) is 11.9. The first-order chi connectivity index (χ1) is 24.1. The normalized spacial score (nSPS) is 16.8. The highest BCUT2D eigenvalue weighted by Gasteiger charge is 2.53. The van der Waals surface area contributed by atoms with Gasteiger partial charge in [-0.2, -0.15) is 0 Å². The van der Waals surface area contributed by atoms with Crippen LogP contribution in [0.1, 0.15) is 34.8 Å². The minimum atomic E-state index is -1.33. The summed E-state index contributed by atoms with van der Waals surface area (Å²) < 4.78 is 17.8. The molecule has 0 saturated carbocycles. The van der Waals surface area contributed by atoms with Gasteiger partial charge in [-0.05, 0) is 70.6 Å². The monoisotopic (exact) mass is 655 g/mol. The third-order valence-corrected chi connectivity index (χ3v) is 8.54. The molecule has 49 heavy (non-hydrogen) atoms. The lowest BCUT2D eigenvalue weighted by Crippen LogP contribution is -2.54. The van der Waals surface area contributed by atoms with Gasteiger partial charge in [0.2, 0.25) is 5.90 Å². The van der Waals surface area contributed by atoms with E-state index >= 15 is 0 Å². The first kappa shape index (κ1) is 33.5. The summed E-state index contributed by atoms with van der Waals surface area (Å²) in [5.74, 6) is 1.55. The number of carbonyl (C=O) groups excluding carboxylic acids is 1. The molecular formula is C41H41N3O5. The van der Waals surface area contributed by atoms with Crippen molar-refractivity contribution in [3.63, 3.8) is 0 Å². The molecule has 1 amide bonds. The molecule has 1 aliphatic rings. The number of methoxy groups -OCH3 is 1. The van der Waals surface area contributed by atoms with E-state index in [9.17, 15) is 4.79 Å². The average Bonchev–Trinajstić information content (AvgIpc) is 3.55. The van der Waals surface area contributed by atoms with Crippen LogP contribution in [0.25, 0.3) is 11.1 Å². The van der Waals surface area contributed by atoms with Crippen LogP contribution in [0.2, 0.25) is 0 Å². The smallest absolute Gasteiger partial charge is 0.266 e. The van der Waals surface area contributed by atoms with Crippen LogP contribution in [0.15, 0.2) is 138 Å². The van der Waals surface area contributed by atoms with E-state index in [1.165, 1.54) is 0 Å². The highest BCUT2D eigenvalue weighted by Crippen LogP contribution is 2.43. The number of hydrogen-bond donors (Lipinski definition) is 3. The number of aliphatic hydroxyl groups excluding tert-OH is 1. The summed E-state index contributed by atoms with van der Waals surface area (Å²) >= 11 is 0. The fourth-order valence-electron chi connectivity index (χ4n) is 5.96. The molecule has 0 unspecified atom stereocenters. The Morgan fingerprint density at radius 1 is 0.796 bits per heavy atom. The van der Waals surface area contributed by atoms with Gasteiger partial charge in [0.05, 0.1) is 13.7 Å². The van der Waals surface area contributed by atoms with Gasteiger partial charge in [0, 0.05) is 31.6 Å². The fourth-order valence-corrected chi connectivity index (χ4v) is 5.96. The van der Waals surface area contributed by atoms with Crippen LogP contribution in [-0.2, 0) is 22.4 Å². The van der Waals surface area contributed by atoms with Crippen molar-refractivity contribution in [3.8, 4) is 22.6 Å². The molecule has 6 rings (SSSR count). The summed E-state index contributed by atoms with van der Waals surface area (Å²) in [5.41, 5.74) is 10.6. The molecule has 0 spiro atoms. The summed E-state index contributed by atoms with van der Waals surface area (Å²) in [6.45, 7) is 0.989. The predicted molar refractivity (Wildman–Crippen MR) is 192 cm³/mol. The van der Waals surface area contributed by atoms with Crippen LogP contribution in [0.4, 0.5) is 0 Å². The Morgan fingerprint density at radius 3 is 2.18 bits per heavy atom. The van der Waals surface area contributed by atoms with Gasteiger partial charge in [0.25, 0.3) is 5.91 Å². The lowest BCUT2D eigenvalue weighted by atomic mass is 9.82. The topological polar surface area (TPSA) is 101 Å². The maximum absolute atomic E-state index is 14.5. The quantitative estimate of drug-likeness (QED) is 0.0881. The van der Waals surface area contributed by atoms with E-state index in [0.717, 1.165) is 39.1 Å². The van der Waals surface area contributed by atoms with E-state index in [-0.39, 0.29) is 12.5 Å². The summed E-state index contributed by atoms with van der Waals surface area (Å²) in [7, 11) is 1.65. The van der Waals surface area contributed by atoms with E-state index in [4.69, 9.17) is 24.3 Å². The molecule has 0 bridgehead atoms. The van der Waals surface area contributed by atoms with Crippen molar-refractivity contribution in [2.75, 3.05) is 26.9 Å². The van der Waals surface area contributed by atoms with E-state index in [1.807, 2.05) is 109 Å². The minimum Gasteiger partial charge on any atom is -0.497 e. The zero-order chi connectivity index (χ0) is 33.9. The van der Waals surface area contributed by atoms with E-state index in [1.54, 1.807) is 7.11 Å². The van der Waals surface area contributed by atoms with Crippen molar-refractivity contribution in [1.29, 1.82) is 0 Å². The Morgan fingerprint density at radius 2 is 1.47 bits per heavy atom. The van der Waals surface area contributed by atoms with E-state index in [2.05, 4.69) is 35.1 Å². The van der Waals surface area contributed by atoms with Gasteiger partial charge >= 0.3 is 0 Å². The Bertz CT molecular complexity index is 1830. The number of nitrogens with zero attached hydrogens (tertiary/aromatic N) is 1. The molecule has 0 aliphatic carbocycles. The third kappa shape index (κ3) is 8.17. The highest BCUT2D eigenvalue weighted by atomic mass is 16.5. The van der Waals surface area contributed by atoms with Gasteiger partial charge < -0.3 is 19.3 Å². The number of nitrogens with one attached hydrogen (secondary N) is 2. The molecule has 2 atom stereocenters. The zero-order valence-electron chi connectivity index (χ0n) is 27.5. The van der Waals surface area contributed by atoms with Crippen molar-refractivity contribution < 1.29 is 24.1 Å². The maximum Gasteiger partial charge on any atom is 0.266 e. The lowest BCUT2D eigenvalue weighted by molar-refractivity contribution is -0.130. The second-order valence-electron chi connectivity index (χ2n) is 11.9. The maximum atomic E-state index is 14.5. The molecular weight excluding hydrogens is 614 g/mol. The van der Waals surface area contributed by atoms with Crippen LogP contribution in [0.5, 0.6) is 11.5 Å². The minimum absolute atomic E-state index is 0.0673. The van der Waals surface area contributed by atoms with Gasteiger partial charge in [0.15, 0.2) is 11.6 Å². The molecule has 1 aliphatic heterocycles. The molecule has 8 nitrogen and oxygen atoms in total. The molecule has 0 fully saturated rings. The van der Waals surface area contributed by atoms with E-state index in [0.29, 0.717) is 44.1 Å². The Labute approximate surface area is 287 Å². The fraction of sp³-hybridized carbons (Fsp3) is 0.220. The summed E-state index contributed by atoms with van der Waals surface area (Å²) in [6, 6.07) is 43.6. The first-order valence-electron chi connectivity index (χ1n) is 16.5. The van der Waals surface area contributed by atoms with Crippen LogP contribution in [-0.4, -0.2) is 49.3 Å². The first-order valence-corrected chi connectivity index (χ1v) is 16.5. The summed E-state index contributed by atoms with van der Waals surface area (Å²) in [6.07, 6.45) is 0.833. The van der Waals surface area contributed by atoms with Crippen LogP contribution < -0.4 is 20.3 Å². The number of amides is 1. The van der Waals surface area contributed by atoms with Crippen LogP contribution in [0.3, 0.4) is 0 Å². The second kappa shape index (κ2) is 16.1. The SMILES string of the molecule is COc1cccc(CCNNC(=O)[C@@]2(Cc3ccccc3)N=C(c3ccc(OCCCO)cc3)O[C@H]2c2ccc(-c3ccccc3)cc2)c1. The molecule has 0 aromatic heterocycles. The standard InChI is InChI=1S/C41H41N3O5/c1-47-37-15-8-12-30(28-37)24-25-42-44-40(46)41(29-31-10-4-2-5-11-31)38(34-18-16-33(17-19-34)32-13-6-3-7-14-32)49-39(43-41)35-20-22-36(23-21-35)48-27-9-26-45/h2-8,10-23,28,38,42,45H,9,24-27,29H2,1H3,(H,44,46)/t38-,41-/m0/s1. The number of aliphatic hydroxyl groups is 1. The number of aliphatic imine (C=N–C) groups is 1. The molecule has 0 saturated heterocycles. The predicted octanol–water partition coefficient (Wildman–Crippen LogP) is 6.49. The van der Waals surface area contributed by atoms with Gasteiger partial charge in [-0.3, -0.25) is 10.2 Å². The van der Waals surface area contributed by atoms with Gasteiger partial charge in [-0.1, -0.05) is 97.1 Å². The lowest BCUT2D eigenvalue weighted by Gasteiger charge is -2.31. The Balaban J connectivity index is 1.32. The van der Waals surface area contributed by atoms with Gasteiger partial charge in [0.1, 0.15) is 11.5 Å². The van der Waals surface area contributed by atoms with Crippen LogP contribution >= 0.6 is 0 Å². The molecule has 5 aromatic rings. The number of ether oxygens (including phenoxy) is 3.